The molecule has 0 spiro atoms. The molecule has 0 N–H and O–H groups in total. The molecule has 2 aliphatic rings. The minimum Gasteiger partial charge on any atom is -0.298 e. The maximum atomic E-state index is 13.2. The number of hydrogen-bond acceptors (Lipinski definition) is 5. The van der Waals surface area contributed by atoms with Gasteiger partial charge in [0.1, 0.15) is 5.92 Å². The summed E-state index contributed by atoms with van der Waals surface area (Å²) in [5, 5.41) is 0. The molecular weight excluding hydrogens is 385 g/mol. The van der Waals surface area contributed by atoms with Crippen LogP contribution >= 0.6 is 0 Å². The Labute approximate surface area is 153 Å². The van der Waals surface area contributed by atoms with Crippen LogP contribution in [0.25, 0.3) is 0 Å². The van der Waals surface area contributed by atoms with E-state index in [1.54, 1.807) is 0 Å². The lowest BCUT2D eigenvalue weighted by Gasteiger charge is -2.25. The third-order valence-corrected chi connectivity index (χ3v) is 6.68. The topological polar surface area (TPSA) is 85.3 Å². The van der Waals surface area contributed by atoms with E-state index in [9.17, 15) is 36.0 Å². The minimum atomic E-state index is -4.93. The Morgan fingerprint density at radius 3 is 2.04 bits per heavy atom. The second-order valence-corrected chi connectivity index (χ2v) is 9.15. The van der Waals surface area contributed by atoms with Crippen LogP contribution in [0, 0.1) is 24.7 Å². The quantitative estimate of drug-likeness (QED) is 0.573. The monoisotopic (exact) mass is 402 g/mol. The number of sulfone groups is 1. The Morgan fingerprint density at radius 2 is 1.59 bits per heavy atom. The molecule has 146 valence electrons. The molecule has 0 amide bonds. The molecule has 1 aromatic rings. The van der Waals surface area contributed by atoms with E-state index < -0.39 is 67.1 Å². The fourth-order valence-corrected chi connectivity index (χ4v) is 5.43. The zero-order chi connectivity index (χ0) is 20.3. The summed E-state index contributed by atoms with van der Waals surface area (Å²) in [5.41, 5.74) is -2.10. The summed E-state index contributed by atoms with van der Waals surface area (Å²) < 4.78 is 63.6. The Kier molecular flexibility index (Phi) is 4.57. The molecule has 0 heterocycles. The predicted octanol–water partition coefficient (Wildman–Crippen LogP) is 2.78. The van der Waals surface area contributed by atoms with E-state index in [4.69, 9.17) is 0 Å². The van der Waals surface area contributed by atoms with Gasteiger partial charge in [0, 0.05) is 23.7 Å². The molecule has 2 bridgehead atoms. The van der Waals surface area contributed by atoms with Crippen molar-refractivity contribution < 1.29 is 36.0 Å². The highest BCUT2D eigenvalue weighted by molar-refractivity contribution is 7.90. The Balaban J connectivity index is 2.14. The van der Waals surface area contributed by atoms with Crippen molar-refractivity contribution in [3.63, 3.8) is 0 Å². The first-order valence-electron chi connectivity index (χ1n) is 8.36. The number of carbonyl (C=O) groups excluding carboxylic acids is 3. The van der Waals surface area contributed by atoms with E-state index in [2.05, 4.69) is 0 Å². The van der Waals surface area contributed by atoms with Gasteiger partial charge in [-0.3, -0.25) is 14.4 Å². The van der Waals surface area contributed by atoms with Crippen molar-refractivity contribution in [2.45, 2.75) is 37.3 Å². The van der Waals surface area contributed by atoms with E-state index in [1.165, 1.54) is 0 Å². The fraction of sp³-hybridized carbons (Fsp3) is 0.500. The summed E-state index contributed by atoms with van der Waals surface area (Å²) in [4.78, 5) is 36.9. The molecule has 27 heavy (non-hydrogen) atoms. The molecule has 2 unspecified atom stereocenters. The Hall–Kier alpha value is -2.03. The summed E-state index contributed by atoms with van der Waals surface area (Å²) >= 11 is 0. The third-order valence-electron chi connectivity index (χ3n) is 5.42. The van der Waals surface area contributed by atoms with Gasteiger partial charge in [0.25, 0.3) is 0 Å². The van der Waals surface area contributed by atoms with Gasteiger partial charge in [0.15, 0.2) is 27.2 Å². The molecule has 0 saturated heterocycles. The molecule has 9 heteroatoms. The molecule has 0 aromatic heterocycles. The van der Waals surface area contributed by atoms with Crippen LogP contribution in [0.15, 0.2) is 17.0 Å². The highest BCUT2D eigenvalue weighted by atomic mass is 32.2. The SMILES string of the molecule is Cc1c(C(=O)C2C(=O)C3CCC(C3)C2=O)ccc(C(F)(F)F)c1S(C)(=O)=O. The van der Waals surface area contributed by atoms with Crippen molar-refractivity contribution in [2.24, 2.45) is 17.8 Å². The normalized spacial score (nSPS) is 25.7. The van der Waals surface area contributed by atoms with E-state index >= 15 is 0 Å². The Morgan fingerprint density at radius 1 is 1.07 bits per heavy atom. The zero-order valence-corrected chi connectivity index (χ0v) is 15.4. The van der Waals surface area contributed by atoms with Crippen LogP contribution < -0.4 is 0 Å². The number of fused-ring (bicyclic) bond motifs is 2. The highest BCUT2D eigenvalue weighted by Gasteiger charge is 2.50. The van der Waals surface area contributed by atoms with Crippen molar-refractivity contribution in [3.8, 4) is 0 Å². The number of rotatable bonds is 3. The summed E-state index contributed by atoms with van der Waals surface area (Å²) in [7, 11) is -4.31. The van der Waals surface area contributed by atoms with Crippen LogP contribution in [-0.2, 0) is 25.6 Å². The number of Topliss-reactive ketones (excluding diaryl/α,β-unsaturated/α-hetero) is 3. The van der Waals surface area contributed by atoms with Gasteiger partial charge in [-0.2, -0.15) is 13.2 Å². The van der Waals surface area contributed by atoms with E-state index in [-0.39, 0.29) is 5.56 Å². The average molecular weight is 402 g/mol. The molecule has 5 nitrogen and oxygen atoms in total. The number of ketones is 3. The van der Waals surface area contributed by atoms with Gasteiger partial charge >= 0.3 is 6.18 Å². The summed E-state index contributed by atoms with van der Waals surface area (Å²) in [6.45, 7) is 1.09. The number of carbonyl (C=O) groups is 3. The second-order valence-electron chi connectivity index (χ2n) is 7.19. The number of hydrogen-bond donors (Lipinski definition) is 0. The van der Waals surface area contributed by atoms with Crippen molar-refractivity contribution >= 4 is 27.2 Å². The fourth-order valence-electron chi connectivity index (χ4n) is 4.18. The standard InChI is InChI=1S/C18H17F3O5S/c1-8-11(5-6-12(18(19,20)21)17(8)27(2,25)26)16(24)13-14(22)9-3-4-10(7-9)15(13)23/h5-6,9-10,13H,3-4,7H2,1-2H3. The average Bonchev–Trinajstić information content (AvgIpc) is 2.97. The summed E-state index contributed by atoms with van der Waals surface area (Å²) in [5.74, 6) is -4.30. The summed E-state index contributed by atoms with van der Waals surface area (Å²) in [6.07, 6.45) is -2.88. The second kappa shape index (κ2) is 6.25. The van der Waals surface area contributed by atoms with Gasteiger partial charge in [-0.05, 0) is 37.8 Å². The van der Waals surface area contributed by atoms with E-state index in [1.807, 2.05) is 0 Å². The maximum absolute atomic E-state index is 13.2. The van der Waals surface area contributed by atoms with E-state index in [0.29, 0.717) is 31.6 Å². The van der Waals surface area contributed by atoms with Gasteiger partial charge < -0.3 is 0 Å². The first kappa shape index (κ1) is 19.7. The van der Waals surface area contributed by atoms with Gasteiger partial charge in [-0.25, -0.2) is 8.42 Å². The maximum Gasteiger partial charge on any atom is 0.417 e. The molecule has 1 aromatic carbocycles. The lowest BCUT2D eigenvalue weighted by atomic mass is 9.75. The summed E-state index contributed by atoms with van der Waals surface area (Å²) in [6, 6.07) is 1.37. The van der Waals surface area contributed by atoms with Crippen LogP contribution in [0.3, 0.4) is 0 Å². The molecule has 2 aliphatic carbocycles. The van der Waals surface area contributed by atoms with Crippen LogP contribution in [0.4, 0.5) is 13.2 Å². The molecule has 3 rings (SSSR count). The van der Waals surface area contributed by atoms with Gasteiger partial charge in [0.2, 0.25) is 0 Å². The zero-order valence-electron chi connectivity index (χ0n) is 14.6. The molecule has 2 saturated carbocycles. The highest BCUT2D eigenvalue weighted by Crippen LogP contribution is 2.42. The van der Waals surface area contributed by atoms with Crippen LogP contribution in [0.2, 0.25) is 0 Å². The van der Waals surface area contributed by atoms with Gasteiger partial charge in [-0.1, -0.05) is 6.07 Å². The van der Waals surface area contributed by atoms with Crippen LogP contribution in [0.5, 0.6) is 0 Å². The molecule has 0 radical (unpaired) electrons. The lowest BCUT2D eigenvalue weighted by molar-refractivity contribution is -0.140. The van der Waals surface area contributed by atoms with Crippen molar-refractivity contribution in [1.82, 2.24) is 0 Å². The molecule has 2 atom stereocenters. The smallest absolute Gasteiger partial charge is 0.298 e. The number of alkyl halides is 3. The Bertz CT molecular complexity index is 940. The molecule has 0 aliphatic heterocycles. The van der Waals surface area contributed by atoms with Crippen LogP contribution in [0.1, 0.15) is 40.7 Å². The number of halogens is 3. The molecular formula is C18H17F3O5S. The lowest BCUT2D eigenvalue weighted by Crippen LogP contribution is -2.41. The first-order valence-corrected chi connectivity index (χ1v) is 10.3. The third kappa shape index (κ3) is 3.22. The first-order chi connectivity index (χ1) is 12.3. The minimum absolute atomic E-state index is 0.337. The number of benzene rings is 1. The van der Waals surface area contributed by atoms with Crippen molar-refractivity contribution in [1.29, 1.82) is 0 Å². The largest absolute Gasteiger partial charge is 0.417 e. The predicted molar refractivity (Wildman–Crippen MR) is 88.0 cm³/mol. The van der Waals surface area contributed by atoms with Gasteiger partial charge in [-0.15, -0.1) is 0 Å². The van der Waals surface area contributed by atoms with Gasteiger partial charge in [0.05, 0.1) is 10.5 Å². The van der Waals surface area contributed by atoms with E-state index in [0.717, 1.165) is 13.0 Å². The van der Waals surface area contributed by atoms with Crippen molar-refractivity contribution in [2.75, 3.05) is 6.26 Å². The van der Waals surface area contributed by atoms with Crippen molar-refractivity contribution in [3.05, 3.63) is 28.8 Å². The molecule has 2 fully saturated rings. The van der Waals surface area contributed by atoms with Crippen LogP contribution in [-0.4, -0.2) is 32.0 Å².